The molecule has 0 radical (unpaired) electrons. The molecule has 18 aromatic carbocycles. The van der Waals surface area contributed by atoms with Crippen LogP contribution in [0.25, 0.3) is 211 Å². The first-order valence-electron chi connectivity index (χ1n) is 38.9. The zero-order chi connectivity index (χ0) is 75.4. The largest absolute Gasteiger partial charge is 0.309 e. The number of nitrogens with zero attached hydrogens (tertiary/aromatic N) is 5. The zero-order valence-corrected chi connectivity index (χ0v) is 62.2. The molecule has 22 rings (SSSR count). The van der Waals surface area contributed by atoms with Crippen LogP contribution in [0, 0.1) is 0 Å². The van der Waals surface area contributed by atoms with E-state index in [-0.39, 0.29) is 0 Å². The van der Waals surface area contributed by atoms with Crippen LogP contribution in [0.5, 0.6) is 0 Å². The average Bonchev–Trinajstić information content (AvgIpc) is 1.57. The molecule has 0 bridgehead atoms. The summed E-state index contributed by atoms with van der Waals surface area (Å²) in [5.74, 6) is 0.695. The predicted octanol–water partition coefficient (Wildman–Crippen LogP) is 28.9. The van der Waals surface area contributed by atoms with Crippen molar-refractivity contribution in [2.75, 3.05) is 0 Å². The highest BCUT2D eigenvalue weighted by molar-refractivity contribution is 6.25. The molecule has 0 aliphatic heterocycles. The van der Waals surface area contributed by atoms with Gasteiger partial charge in [-0.1, -0.05) is 364 Å². The molecule has 22 aromatic rings. The Bertz CT molecular complexity index is 6430. The van der Waals surface area contributed by atoms with E-state index in [1.165, 1.54) is 121 Å². The molecule has 0 N–H and O–H groups in total. The van der Waals surface area contributed by atoms with Gasteiger partial charge in [0, 0.05) is 60.7 Å². The molecule has 4 heterocycles. The molecule has 0 amide bonds. The van der Waals surface area contributed by atoms with Crippen molar-refractivity contribution in [3.63, 3.8) is 0 Å². The van der Waals surface area contributed by atoms with Crippen molar-refractivity contribution in [1.29, 1.82) is 0 Å². The Morgan fingerprint density at radius 3 is 0.614 bits per heavy atom. The van der Waals surface area contributed by atoms with Gasteiger partial charge in [-0.15, -0.1) is 0 Å². The molecule has 0 aliphatic rings. The number of hydrogen-bond acceptors (Lipinski definition) is 3. The van der Waals surface area contributed by atoms with Crippen molar-refractivity contribution in [1.82, 2.24) is 24.1 Å². The van der Waals surface area contributed by atoms with E-state index in [0.29, 0.717) is 5.82 Å². The molecule has 0 saturated carbocycles. The fourth-order valence-corrected chi connectivity index (χ4v) is 16.8. The van der Waals surface area contributed by atoms with Crippen molar-refractivity contribution < 1.29 is 0 Å². The first kappa shape index (κ1) is 67.0. The molecule has 0 saturated heterocycles. The number of rotatable bonds is 14. The molecule has 0 atom stereocenters. The van der Waals surface area contributed by atoms with Gasteiger partial charge in [0.2, 0.25) is 0 Å². The number of pyridine rings is 1. The minimum atomic E-state index is 0.695. The van der Waals surface area contributed by atoms with Crippen molar-refractivity contribution in [3.8, 4) is 146 Å². The Kier molecular flexibility index (Phi) is 16.9. The first-order valence-corrected chi connectivity index (χ1v) is 38.9. The molecule has 5 nitrogen and oxygen atoms in total. The van der Waals surface area contributed by atoms with Crippen LogP contribution in [0.3, 0.4) is 0 Å². The molecular formula is C109H71N5. The van der Waals surface area contributed by atoms with Crippen molar-refractivity contribution >= 4 is 65.2 Å². The van der Waals surface area contributed by atoms with E-state index in [1.54, 1.807) is 0 Å². The maximum Gasteiger partial charge on any atom is 0.160 e. The van der Waals surface area contributed by atoms with Gasteiger partial charge in [0.25, 0.3) is 0 Å². The monoisotopic (exact) mass is 1450 g/mol. The molecule has 114 heavy (non-hydrogen) atoms. The molecule has 0 unspecified atom stereocenters. The third kappa shape index (κ3) is 12.5. The van der Waals surface area contributed by atoms with Gasteiger partial charge in [0.15, 0.2) is 5.82 Å². The maximum atomic E-state index is 5.27. The molecular weight excluding hydrogens is 1380 g/mol. The Morgan fingerprint density at radius 1 is 0.140 bits per heavy atom. The molecule has 0 aliphatic carbocycles. The van der Waals surface area contributed by atoms with E-state index in [9.17, 15) is 0 Å². The quantitative estimate of drug-likeness (QED) is 0.102. The molecule has 0 spiro atoms. The summed E-state index contributed by atoms with van der Waals surface area (Å²) >= 11 is 0. The Balaban J connectivity index is 0.000000143. The summed E-state index contributed by atoms with van der Waals surface area (Å²) in [5.41, 5.74) is 32.6. The fraction of sp³-hybridized carbons (Fsp3) is 0. The lowest BCUT2D eigenvalue weighted by atomic mass is 9.96. The van der Waals surface area contributed by atoms with Gasteiger partial charge >= 0.3 is 0 Å². The highest BCUT2D eigenvalue weighted by Gasteiger charge is 2.21. The van der Waals surface area contributed by atoms with Gasteiger partial charge in [-0.05, 0) is 166 Å². The summed E-state index contributed by atoms with van der Waals surface area (Å²) in [6, 6.07) is 154. The third-order valence-electron chi connectivity index (χ3n) is 22.6. The second-order valence-electron chi connectivity index (χ2n) is 29.4. The van der Waals surface area contributed by atoms with Gasteiger partial charge in [0.05, 0.1) is 44.8 Å². The summed E-state index contributed by atoms with van der Waals surface area (Å²) in [6.07, 6.45) is 0. The second kappa shape index (κ2) is 28.7. The van der Waals surface area contributed by atoms with Crippen LogP contribution in [0.2, 0.25) is 0 Å². The molecule has 532 valence electrons. The number of benzene rings is 18. The number of hydrogen-bond donors (Lipinski definition) is 0. The topological polar surface area (TPSA) is 48.5 Å². The second-order valence-corrected chi connectivity index (χ2v) is 29.4. The van der Waals surface area contributed by atoms with E-state index in [1.807, 2.05) is 12.1 Å². The van der Waals surface area contributed by atoms with Gasteiger partial charge in [0.1, 0.15) is 0 Å². The Hall–Kier alpha value is -15.2. The lowest BCUT2D eigenvalue weighted by molar-refractivity contribution is 1.18. The van der Waals surface area contributed by atoms with Crippen molar-refractivity contribution in [2.45, 2.75) is 0 Å². The van der Waals surface area contributed by atoms with Gasteiger partial charge in [-0.3, -0.25) is 0 Å². The molecule has 4 aromatic heterocycles. The van der Waals surface area contributed by atoms with Gasteiger partial charge < -0.3 is 9.13 Å². The summed E-state index contributed by atoms with van der Waals surface area (Å²) in [4.78, 5) is 15.6. The van der Waals surface area contributed by atoms with E-state index in [2.05, 4.69) is 428 Å². The number of aromatic nitrogens is 5. The smallest absolute Gasteiger partial charge is 0.160 e. The summed E-state index contributed by atoms with van der Waals surface area (Å²) in [7, 11) is 0. The van der Waals surface area contributed by atoms with Crippen molar-refractivity contribution in [2.24, 2.45) is 0 Å². The highest BCUT2D eigenvalue weighted by atomic mass is 15.0. The minimum absolute atomic E-state index is 0.695. The lowest BCUT2D eigenvalue weighted by Gasteiger charge is -2.12. The summed E-state index contributed by atoms with van der Waals surface area (Å²) in [6.45, 7) is 0. The highest BCUT2D eigenvalue weighted by Crippen LogP contribution is 2.43. The van der Waals surface area contributed by atoms with E-state index in [0.717, 1.165) is 84.2 Å². The average molecular weight is 1450 g/mol. The van der Waals surface area contributed by atoms with Gasteiger partial charge in [-0.2, -0.15) is 0 Å². The molecule has 0 fully saturated rings. The SMILES string of the molecule is c1ccc(-c2ccc(-c3cc(-c4ccc(-c5ccccc5)cc4)nc(-c4ccc(-c5ccc(-n6c7cccc8ccc9cccc6c9c87)cc5)cc4)c3)cc2)cc1.c1ccc(-c2ccc(-c3cc(-c4ccc(-c5ccccc5)cc4)nc(-c4ccc(-c5ccc(-n6c7cccc8ccc9cccc6c9c87)cc5)cc4)n3)cc2)cc1. The first-order chi connectivity index (χ1) is 56.5. The molecule has 5 heteroatoms. The van der Waals surface area contributed by atoms with Crippen LogP contribution in [0.15, 0.2) is 431 Å². The zero-order valence-electron chi connectivity index (χ0n) is 62.2. The maximum absolute atomic E-state index is 5.27. The van der Waals surface area contributed by atoms with Crippen LogP contribution in [-0.4, -0.2) is 24.1 Å². The van der Waals surface area contributed by atoms with Crippen LogP contribution < -0.4 is 0 Å². The minimum Gasteiger partial charge on any atom is -0.309 e. The predicted molar refractivity (Wildman–Crippen MR) is 478 cm³/mol. The van der Waals surface area contributed by atoms with Crippen LogP contribution >= 0.6 is 0 Å². The van der Waals surface area contributed by atoms with E-state index in [4.69, 9.17) is 15.0 Å². The Morgan fingerprint density at radius 2 is 0.351 bits per heavy atom. The van der Waals surface area contributed by atoms with Crippen LogP contribution in [0.1, 0.15) is 0 Å². The van der Waals surface area contributed by atoms with Crippen LogP contribution in [0.4, 0.5) is 0 Å². The summed E-state index contributed by atoms with van der Waals surface area (Å²) in [5, 5.41) is 10.4. The summed E-state index contributed by atoms with van der Waals surface area (Å²) < 4.78 is 4.79. The van der Waals surface area contributed by atoms with Gasteiger partial charge in [-0.25, -0.2) is 15.0 Å². The van der Waals surface area contributed by atoms with E-state index < -0.39 is 0 Å². The van der Waals surface area contributed by atoms with Crippen LogP contribution in [-0.2, 0) is 0 Å². The Labute approximate surface area is 661 Å². The standard InChI is InChI=1S/C55H36N2.C54H35N3/c1-3-9-37(10-4-1)39-17-19-43(20-18-39)48-35-50(44-25-21-40(22-26-44)38-11-5-2-6-12-38)56-51(36-48)45-27-23-41(24-28-45)42-31-33-49(34-32-42)57-52-15-7-13-46-29-30-47-14-8-16-53(57)55(47)54(46)52;1-3-9-36(10-4-1)38-17-23-42(24-18-38)48-35-49(43-25-19-39(20-26-43)37-11-5-2-6-12-37)56-54(55-48)46-29-21-40(22-30-46)41-31-33-47(34-32-41)57-50-15-7-13-44-27-28-45-14-8-16-51(57)53(45)52(44)50/h1-36H;1-35H. The normalized spacial score (nSPS) is 11.5. The van der Waals surface area contributed by atoms with E-state index >= 15 is 0 Å². The third-order valence-corrected chi connectivity index (χ3v) is 22.6. The lowest BCUT2D eigenvalue weighted by Crippen LogP contribution is -1.96. The van der Waals surface area contributed by atoms with Crippen molar-refractivity contribution in [3.05, 3.63) is 431 Å². The fourth-order valence-electron chi connectivity index (χ4n) is 16.8.